The van der Waals surface area contributed by atoms with E-state index in [1.807, 2.05) is 14.0 Å². The van der Waals surface area contributed by atoms with Gasteiger partial charge in [-0.3, -0.25) is 9.67 Å². The molecule has 0 fully saturated rings. The van der Waals surface area contributed by atoms with Gasteiger partial charge in [-0.25, -0.2) is 0 Å². The Morgan fingerprint density at radius 1 is 1.15 bits per heavy atom. The first-order valence-corrected chi connectivity index (χ1v) is 9.22. The molecule has 6 heteroatoms. The fourth-order valence-corrected chi connectivity index (χ4v) is 3.48. The van der Waals surface area contributed by atoms with Gasteiger partial charge in [0.05, 0.1) is 5.69 Å². The van der Waals surface area contributed by atoms with E-state index in [0.29, 0.717) is 0 Å². The number of hydrogen-bond acceptors (Lipinski definition) is 2. The molecule has 0 atom stereocenters. The van der Waals surface area contributed by atoms with Crippen LogP contribution in [0, 0.1) is 13.8 Å². The molecule has 1 aliphatic rings. The number of aromatic nitrogens is 2. The van der Waals surface area contributed by atoms with Gasteiger partial charge in [0.2, 0.25) is 0 Å². The molecule has 0 amide bonds. The fourth-order valence-electron chi connectivity index (χ4n) is 3.48. The van der Waals surface area contributed by atoms with Crippen LogP contribution in [0.2, 0.25) is 0 Å². The maximum Gasteiger partial charge on any atom is 0.191 e. The molecule has 26 heavy (non-hydrogen) atoms. The lowest BCUT2D eigenvalue weighted by molar-refractivity contribution is 0.555. The summed E-state index contributed by atoms with van der Waals surface area (Å²) in [6.45, 7) is 6.75. The van der Waals surface area contributed by atoms with Crippen molar-refractivity contribution in [2.24, 2.45) is 4.99 Å². The first-order chi connectivity index (χ1) is 12.2. The number of nitrogens with one attached hydrogen (secondary N) is 2. The van der Waals surface area contributed by atoms with E-state index < -0.39 is 0 Å². The predicted molar refractivity (Wildman–Crippen MR) is 118 cm³/mol. The number of aliphatic imine (C=N–C) groups is 1. The van der Waals surface area contributed by atoms with Crippen LogP contribution < -0.4 is 10.6 Å². The fraction of sp³-hybridized carbons (Fsp3) is 0.500. The Balaban J connectivity index is 0.00000243. The average molecular weight is 467 g/mol. The van der Waals surface area contributed by atoms with Crippen molar-refractivity contribution in [1.29, 1.82) is 0 Å². The third-order valence-electron chi connectivity index (χ3n) is 4.79. The van der Waals surface area contributed by atoms with Crippen molar-refractivity contribution >= 4 is 29.9 Å². The number of aryl methyl sites for hydroxylation is 5. The van der Waals surface area contributed by atoms with E-state index in [1.54, 1.807) is 0 Å². The Hall–Kier alpha value is -1.57. The van der Waals surface area contributed by atoms with Crippen molar-refractivity contribution in [1.82, 2.24) is 20.4 Å². The zero-order valence-electron chi connectivity index (χ0n) is 16.0. The van der Waals surface area contributed by atoms with Gasteiger partial charge in [0.15, 0.2) is 5.96 Å². The summed E-state index contributed by atoms with van der Waals surface area (Å²) in [7, 11) is 1.82. The molecule has 0 unspecified atom stereocenters. The first kappa shape index (κ1) is 20.7. The number of benzene rings is 1. The van der Waals surface area contributed by atoms with E-state index in [-0.39, 0.29) is 24.0 Å². The Morgan fingerprint density at radius 3 is 2.69 bits per heavy atom. The SMILES string of the molecule is CN=C(NCCCn1nc(C)cc1C)NCc1ccc2c(c1)CCC2.I. The summed E-state index contributed by atoms with van der Waals surface area (Å²) in [5, 5.41) is 11.3. The van der Waals surface area contributed by atoms with Crippen molar-refractivity contribution in [3.05, 3.63) is 52.3 Å². The zero-order valence-corrected chi connectivity index (χ0v) is 18.3. The Labute approximate surface area is 173 Å². The smallest absolute Gasteiger partial charge is 0.191 e. The second-order valence-corrected chi connectivity index (χ2v) is 6.81. The van der Waals surface area contributed by atoms with Gasteiger partial charge in [-0.05, 0) is 62.3 Å². The van der Waals surface area contributed by atoms with E-state index in [9.17, 15) is 0 Å². The van der Waals surface area contributed by atoms with Crippen LogP contribution >= 0.6 is 24.0 Å². The van der Waals surface area contributed by atoms with Crippen LogP contribution in [0.1, 0.15) is 40.9 Å². The van der Waals surface area contributed by atoms with E-state index in [2.05, 4.69) is 56.6 Å². The molecular formula is C20H30IN5. The third kappa shape index (κ3) is 5.46. The van der Waals surface area contributed by atoms with Crippen LogP contribution in [-0.2, 0) is 25.9 Å². The molecule has 1 aromatic heterocycles. The second-order valence-electron chi connectivity index (χ2n) is 6.81. The summed E-state index contributed by atoms with van der Waals surface area (Å²) >= 11 is 0. The van der Waals surface area contributed by atoms with Crippen LogP contribution in [-0.4, -0.2) is 29.3 Å². The molecular weight excluding hydrogens is 437 g/mol. The second kappa shape index (κ2) is 9.94. The van der Waals surface area contributed by atoms with Gasteiger partial charge < -0.3 is 10.6 Å². The Kier molecular flexibility index (Phi) is 7.93. The molecule has 142 valence electrons. The normalized spacial score (nSPS) is 13.3. The van der Waals surface area contributed by atoms with Crippen LogP contribution in [0.3, 0.4) is 0 Å². The number of hydrogen-bond donors (Lipinski definition) is 2. The molecule has 2 N–H and O–H groups in total. The van der Waals surface area contributed by atoms with Crippen molar-refractivity contribution in [2.45, 2.75) is 52.6 Å². The minimum atomic E-state index is 0. The Morgan fingerprint density at radius 2 is 1.96 bits per heavy atom. The van der Waals surface area contributed by atoms with Crippen LogP contribution in [0.5, 0.6) is 0 Å². The van der Waals surface area contributed by atoms with E-state index in [4.69, 9.17) is 0 Å². The highest BCUT2D eigenvalue weighted by molar-refractivity contribution is 14.0. The average Bonchev–Trinajstić information content (AvgIpc) is 3.19. The predicted octanol–water partition coefficient (Wildman–Crippen LogP) is 3.36. The summed E-state index contributed by atoms with van der Waals surface area (Å²) in [6.07, 6.45) is 4.77. The lowest BCUT2D eigenvalue weighted by Crippen LogP contribution is -2.37. The molecule has 5 nitrogen and oxygen atoms in total. The zero-order chi connectivity index (χ0) is 17.6. The van der Waals surface area contributed by atoms with Crippen molar-refractivity contribution in [2.75, 3.05) is 13.6 Å². The van der Waals surface area contributed by atoms with Gasteiger partial charge in [-0.2, -0.15) is 5.10 Å². The van der Waals surface area contributed by atoms with Crippen molar-refractivity contribution in [3.63, 3.8) is 0 Å². The third-order valence-corrected chi connectivity index (χ3v) is 4.79. The number of fused-ring (bicyclic) bond motifs is 1. The topological polar surface area (TPSA) is 54.2 Å². The van der Waals surface area contributed by atoms with Crippen LogP contribution in [0.4, 0.5) is 0 Å². The Bertz CT molecular complexity index is 751. The molecule has 0 radical (unpaired) electrons. The minimum absolute atomic E-state index is 0. The lowest BCUT2D eigenvalue weighted by Gasteiger charge is -2.13. The van der Waals surface area contributed by atoms with Gasteiger partial charge in [0.25, 0.3) is 0 Å². The molecule has 1 aliphatic carbocycles. The number of guanidine groups is 1. The van der Waals surface area contributed by atoms with Gasteiger partial charge in [0, 0.05) is 32.4 Å². The highest BCUT2D eigenvalue weighted by atomic mass is 127. The van der Waals surface area contributed by atoms with Gasteiger partial charge >= 0.3 is 0 Å². The summed E-state index contributed by atoms with van der Waals surface area (Å²) < 4.78 is 2.07. The molecule has 3 rings (SSSR count). The molecule has 0 aliphatic heterocycles. The van der Waals surface area contributed by atoms with Crippen LogP contribution in [0.25, 0.3) is 0 Å². The maximum atomic E-state index is 4.49. The first-order valence-electron chi connectivity index (χ1n) is 9.22. The highest BCUT2D eigenvalue weighted by Crippen LogP contribution is 2.22. The number of halogens is 1. The molecule has 1 aromatic carbocycles. The summed E-state index contributed by atoms with van der Waals surface area (Å²) in [6, 6.07) is 8.97. The van der Waals surface area contributed by atoms with Crippen LogP contribution in [0.15, 0.2) is 29.3 Å². The monoisotopic (exact) mass is 467 g/mol. The van der Waals surface area contributed by atoms with E-state index in [1.165, 1.54) is 41.6 Å². The summed E-state index contributed by atoms with van der Waals surface area (Å²) in [4.78, 5) is 4.31. The molecule has 1 heterocycles. The van der Waals surface area contributed by atoms with Gasteiger partial charge in [0.1, 0.15) is 0 Å². The molecule has 0 saturated heterocycles. The van der Waals surface area contributed by atoms with Gasteiger partial charge in [-0.1, -0.05) is 18.2 Å². The standard InChI is InChI=1S/C20H29N5.HI/c1-15-12-16(2)25(24-15)11-5-10-22-20(21-3)23-14-17-8-9-18-6-4-7-19(18)13-17;/h8-9,12-13H,4-7,10-11,14H2,1-3H3,(H2,21,22,23);1H. The molecule has 0 saturated carbocycles. The van der Waals surface area contributed by atoms with Crippen molar-refractivity contribution < 1.29 is 0 Å². The molecule has 0 bridgehead atoms. The highest BCUT2D eigenvalue weighted by Gasteiger charge is 2.10. The molecule has 0 spiro atoms. The largest absolute Gasteiger partial charge is 0.356 e. The molecule has 2 aromatic rings. The summed E-state index contributed by atoms with van der Waals surface area (Å²) in [5.74, 6) is 0.855. The van der Waals surface area contributed by atoms with E-state index in [0.717, 1.165) is 37.7 Å². The van der Waals surface area contributed by atoms with E-state index >= 15 is 0 Å². The lowest BCUT2D eigenvalue weighted by atomic mass is 10.1. The number of rotatable bonds is 6. The summed E-state index contributed by atoms with van der Waals surface area (Å²) in [5.41, 5.74) is 6.67. The van der Waals surface area contributed by atoms with Crippen molar-refractivity contribution in [3.8, 4) is 0 Å². The quantitative estimate of drug-likeness (QED) is 0.297. The minimum Gasteiger partial charge on any atom is -0.356 e. The maximum absolute atomic E-state index is 4.49. The van der Waals surface area contributed by atoms with Gasteiger partial charge in [-0.15, -0.1) is 24.0 Å². The number of nitrogens with zero attached hydrogens (tertiary/aromatic N) is 3.